The number of anilines is 6. The third-order valence-corrected chi connectivity index (χ3v) is 13.8. The van der Waals surface area contributed by atoms with Crippen molar-refractivity contribution in [1.29, 1.82) is 0 Å². The van der Waals surface area contributed by atoms with Gasteiger partial charge in [0.05, 0.1) is 33.8 Å². The predicted molar refractivity (Wildman–Crippen MR) is 241 cm³/mol. The zero-order valence-corrected chi connectivity index (χ0v) is 34.9. The molecule has 0 N–H and O–H groups in total. The van der Waals surface area contributed by atoms with E-state index in [-0.39, 0.29) is 21.7 Å². The Balaban J connectivity index is 1.22. The van der Waals surface area contributed by atoms with Crippen LogP contribution in [0.4, 0.5) is 34.3 Å². The summed E-state index contributed by atoms with van der Waals surface area (Å²) in [5.41, 5.74) is 16.8. The number of pyridine rings is 2. The van der Waals surface area contributed by atoms with E-state index in [1.807, 2.05) is 18.5 Å². The number of hydrogen-bond acceptors (Lipinski definition) is 4. The molecule has 3 aromatic heterocycles. The van der Waals surface area contributed by atoms with E-state index in [2.05, 4.69) is 192 Å². The van der Waals surface area contributed by atoms with Gasteiger partial charge in [0.2, 0.25) is 0 Å². The third-order valence-electron chi connectivity index (χ3n) is 13.8. The van der Waals surface area contributed by atoms with Crippen LogP contribution in [0.2, 0.25) is 0 Å². The molecule has 3 aliphatic rings. The van der Waals surface area contributed by atoms with Crippen molar-refractivity contribution in [2.75, 3.05) is 9.80 Å². The zero-order valence-electron chi connectivity index (χ0n) is 34.9. The van der Waals surface area contributed by atoms with Gasteiger partial charge in [-0.1, -0.05) is 129 Å². The molecule has 0 radical (unpaired) electrons. The van der Waals surface area contributed by atoms with E-state index in [0.717, 1.165) is 28.4 Å². The van der Waals surface area contributed by atoms with Crippen molar-refractivity contribution in [2.45, 2.75) is 84.0 Å². The van der Waals surface area contributed by atoms with Gasteiger partial charge in [0.1, 0.15) is 11.6 Å². The molecule has 0 saturated carbocycles. The highest BCUT2D eigenvalue weighted by atomic mass is 15.2. The lowest BCUT2D eigenvalue weighted by molar-refractivity contribution is 0.560. The van der Waals surface area contributed by atoms with Gasteiger partial charge in [-0.3, -0.25) is 9.47 Å². The standard InChI is InChI=1S/C53H49N5/c1-50(2,3)32-27-40-48-41(28-32)53(8,9)39-30-38-45(31-46(39)58(48)49-37(52(40,6)7)19-16-26-55-49)56(43-21-13-11-18-36(43)51(38,4)5)33-23-24-35-34-17-10-12-20-42(34)57(44(35)29-33)47-22-14-15-25-54-47/h10-31H,1-9H3. The fraction of sp³-hybridized carbons (Fsp3) is 0.245. The molecule has 0 fully saturated rings. The Labute approximate surface area is 341 Å². The monoisotopic (exact) mass is 755 g/mol. The molecule has 5 nitrogen and oxygen atoms in total. The third kappa shape index (κ3) is 4.53. The van der Waals surface area contributed by atoms with Crippen LogP contribution >= 0.6 is 0 Å². The summed E-state index contributed by atoms with van der Waals surface area (Å²) in [7, 11) is 0. The van der Waals surface area contributed by atoms with Gasteiger partial charge in [-0.15, -0.1) is 0 Å². The van der Waals surface area contributed by atoms with Crippen molar-refractivity contribution in [3.05, 3.63) is 173 Å². The van der Waals surface area contributed by atoms with Gasteiger partial charge in [0.25, 0.3) is 0 Å². The van der Waals surface area contributed by atoms with Crippen LogP contribution < -0.4 is 9.80 Å². The first-order valence-electron chi connectivity index (χ1n) is 20.7. The molecule has 3 aliphatic heterocycles. The lowest BCUT2D eigenvalue weighted by Gasteiger charge is -2.51. The quantitative estimate of drug-likeness (QED) is 0.176. The van der Waals surface area contributed by atoms with Crippen molar-refractivity contribution in [1.82, 2.24) is 14.5 Å². The summed E-state index contributed by atoms with van der Waals surface area (Å²) in [5, 5.41) is 2.43. The molecule has 5 aromatic carbocycles. The summed E-state index contributed by atoms with van der Waals surface area (Å²) in [6, 6.07) is 45.2. The molecule has 286 valence electrons. The minimum Gasteiger partial charge on any atom is -0.310 e. The molecule has 0 unspecified atom stereocenters. The summed E-state index contributed by atoms with van der Waals surface area (Å²) >= 11 is 0. The number of fused-ring (bicyclic) bond motifs is 9. The van der Waals surface area contributed by atoms with Crippen molar-refractivity contribution in [3.63, 3.8) is 0 Å². The first kappa shape index (κ1) is 35.0. The molecule has 0 spiro atoms. The van der Waals surface area contributed by atoms with Gasteiger partial charge in [-0.25, -0.2) is 9.97 Å². The second-order valence-electron chi connectivity index (χ2n) is 19.2. The Kier molecular flexibility index (Phi) is 6.92. The summed E-state index contributed by atoms with van der Waals surface area (Å²) in [6.45, 7) is 21.4. The van der Waals surface area contributed by atoms with Gasteiger partial charge < -0.3 is 4.90 Å². The molecule has 5 heteroatoms. The highest BCUT2D eigenvalue weighted by Gasteiger charge is 2.49. The van der Waals surface area contributed by atoms with Crippen molar-refractivity contribution < 1.29 is 0 Å². The number of aromatic nitrogens is 3. The minimum absolute atomic E-state index is 0.0105. The molecule has 6 heterocycles. The summed E-state index contributed by atoms with van der Waals surface area (Å²) in [4.78, 5) is 15.1. The highest BCUT2D eigenvalue weighted by molar-refractivity contribution is 6.10. The average Bonchev–Trinajstić information content (AvgIpc) is 3.54. The van der Waals surface area contributed by atoms with Crippen molar-refractivity contribution in [3.8, 4) is 5.82 Å². The summed E-state index contributed by atoms with van der Waals surface area (Å²) < 4.78 is 2.31. The van der Waals surface area contributed by atoms with E-state index in [0.29, 0.717) is 0 Å². The number of hydrogen-bond donors (Lipinski definition) is 0. The Morgan fingerprint density at radius 1 is 0.466 bits per heavy atom. The van der Waals surface area contributed by atoms with E-state index < -0.39 is 0 Å². The van der Waals surface area contributed by atoms with Crippen LogP contribution in [-0.4, -0.2) is 14.5 Å². The molecule has 8 aromatic rings. The highest BCUT2D eigenvalue weighted by Crippen LogP contribution is 2.63. The average molecular weight is 756 g/mol. The summed E-state index contributed by atoms with van der Waals surface area (Å²) in [5.74, 6) is 1.93. The molecule has 0 saturated heterocycles. The van der Waals surface area contributed by atoms with Crippen LogP contribution in [0.5, 0.6) is 0 Å². The number of para-hydroxylation sites is 2. The molecule has 0 aliphatic carbocycles. The van der Waals surface area contributed by atoms with E-state index in [9.17, 15) is 0 Å². The fourth-order valence-corrected chi connectivity index (χ4v) is 10.5. The van der Waals surface area contributed by atoms with Crippen LogP contribution in [0.3, 0.4) is 0 Å². The SMILES string of the molecule is CC(C)(C)c1cc2c3c(c1)C(C)(C)c1cccnc1N3c1cc3c(cc1C2(C)C)C(C)(C)c1ccccc1N3c1ccc2c3ccccc3n(-c3ccccn3)c2c1. The lowest BCUT2D eigenvalue weighted by Crippen LogP contribution is -2.40. The maximum Gasteiger partial charge on any atom is 0.141 e. The smallest absolute Gasteiger partial charge is 0.141 e. The van der Waals surface area contributed by atoms with Crippen LogP contribution in [0.1, 0.15) is 101 Å². The topological polar surface area (TPSA) is 37.2 Å². The van der Waals surface area contributed by atoms with E-state index in [1.165, 1.54) is 72.5 Å². The Morgan fingerprint density at radius 3 is 1.83 bits per heavy atom. The van der Waals surface area contributed by atoms with Gasteiger partial charge in [0, 0.05) is 50.7 Å². The predicted octanol–water partition coefficient (Wildman–Crippen LogP) is 13.7. The van der Waals surface area contributed by atoms with Gasteiger partial charge in [0.15, 0.2) is 0 Å². The lowest BCUT2D eigenvalue weighted by atomic mass is 9.64. The molecule has 0 bridgehead atoms. The summed E-state index contributed by atoms with van der Waals surface area (Å²) in [6.07, 6.45) is 3.84. The van der Waals surface area contributed by atoms with Crippen LogP contribution in [0.25, 0.3) is 27.6 Å². The maximum absolute atomic E-state index is 5.21. The Bertz CT molecular complexity index is 3030. The number of rotatable bonds is 2. The molecule has 11 rings (SSSR count). The van der Waals surface area contributed by atoms with Crippen molar-refractivity contribution in [2.24, 2.45) is 0 Å². The maximum atomic E-state index is 5.21. The molecular weight excluding hydrogens is 707 g/mol. The molecular formula is C53H49N5. The molecule has 58 heavy (non-hydrogen) atoms. The van der Waals surface area contributed by atoms with Gasteiger partial charge in [-0.05, 0) is 93.4 Å². The second-order valence-corrected chi connectivity index (χ2v) is 19.2. The van der Waals surface area contributed by atoms with Gasteiger partial charge in [-0.2, -0.15) is 0 Å². The molecule has 0 amide bonds. The van der Waals surface area contributed by atoms with E-state index in [4.69, 9.17) is 9.97 Å². The van der Waals surface area contributed by atoms with Crippen LogP contribution in [-0.2, 0) is 21.7 Å². The van der Waals surface area contributed by atoms with E-state index >= 15 is 0 Å². The largest absolute Gasteiger partial charge is 0.310 e. The normalized spacial score (nSPS) is 16.7. The number of benzene rings is 5. The fourth-order valence-electron chi connectivity index (χ4n) is 10.5. The minimum atomic E-state index is -0.283. The zero-order chi connectivity index (χ0) is 40.1. The molecule has 0 atom stereocenters. The Morgan fingerprint density at radius 2 is 1.09 bits per heavy atom. The van der Waals surface area contributed by atoms with Crippen LogP contribution in [0.15, 0.2) is 134 Å². The van der Waals surface area contributed by atoms with Crippen LogP contribution in [0, 0.1) is 0 Å². The Hall–Kier alpha value is -6.20. The number of nitrogens with zero attached hydrogens (tertiary/aromatic N) is 5. The first-order chi connectivity index (χ1) is 27.7. The first-order valence-corrected chi connectivity index (χ1v) is 20.7. The second kappa shape index (κ2) is 11.5. The van der Waals surface area contributed by atoms with Gasteiger partial charge >= 0.3 is 0 Å². The van der Waals surface area contributed by atoms with Crippen molar-refractivity contribution >= 4 is 56.1 Å². The van der Waals surface area contributed by atoms with E-state index in [1.54, 1.807) is 0 Å².